The van der Waals surface area contributed by atoms with Crippen molar-refractivity contribution in [3.8, 4) is 0 Å². The van der Waals surface area contributed by atoms with E-state index >= 15 is 0 Å². The van der Waals surface area contributed by atoms with Gasteiger partial charge in [-0.1, -0.05) is 13.8 Å². The molecule has 2 aromatic heterocycles. The Morgan fingerprint density at radius 3 is 2.62 bits per heavy atom. The van der Waals surface area contributed by atoms with Gasteiger partial charge in [-0.05, 0) is 25.8 Å². The van der Waals surface area contributed by atoms with Crippen molar-refractivity contribution < 1.29 is 0 Å². The van der Waals surface area contributed by atoms with Gasteiger partial charge < -0.3 is 10.3 Å². The van der Waals surface area contributed by atoms with Crippen molar-refractivity contribution in [2.45, 2.75) is 34.2 Å². The molecule has 86 valence electrons. The summed E-state index contributed by atoms with van der Waals surface area (Å²) < 4.78 is 2.21. The Morgan fingerprint density at radius 1 is 1.31 bits per heavy atom. The van der Waals surface area contributed by atoms with Gasteiger partial charge in [0, 0.05) is 12.2 Å². The van der Waals surface area contributed by atoms with E-state index in [9.17, 15) is 0 Å². The topological polar surface area (TPSA) is 56.7 Å². The normalized spacial score (nSPS) is 11.6. The smallest absolute Gasteiger partial charge is 0.151 e. The van der Waals surface area contributed by atoms with Crippen LogP contribution in [0.4, 0.5) is 5.82 Å². The fraction of sp³-hybridized carbons (Fsp3) is 0.500. The van der Waals surface area contributed by atoms with E-state index in [0.717, 1.165) is 29.1 Å². The lowest BCUT2D eigenvalue weighted by molar-refractivity contribution is 0.524. The third kappa shape index (κ3) is 1.75. The number of hydrogen-bond acceptors (Lipinski definition) is 3. The largest absolute Gasteiger partial charge is 0.382 e. The minimum atomic E-state index is 0.528. The van der Waals surface area contributed by atoms with E-state index < -0.39 is 0 Å². The Labute approximate surface area is 95.5 Å². The van der Waals surface area contributed by atoms with Gasteiger partial charge in [-0.2, -0.15) is 0 Å². The molecule has 0 aliphatic heterocycles. The van der Waals surface area contributed by atoms with Crippen LogP contribution in [0.3, 0.4) is 0 Å². The maximum atomic E-state index is 5.88. The first-order valence-electron chi connectivity index (χ1n) is 5.59. The second-order valence-corrected chi connectivity index (χ2v) is 4.68. The van der Waals surface area contributed by atoms with Crippen molar-refractivity contribution >= 4 is 16.9 Å². The van der Waals surface area contributed by atoms with Crippen LogP contribution in [0.25, 0.3) is 11.0 Å². The van der Waals surface area contributed by atoms with Gasteiger partial charge in [-0.25, -0.2) is 9.97 Å². The van der Waals surface area contributed by atoms with Crippen molar-refractivity contribution in [3.63, 3.8) is 0 Å². The summed E-state index contributed by atoms with van der Waals surface area (Å²) in [6.07, 6.45) is 0. The summed E-state index contributed by atoms with van der Waals surface area (Å²) in [5, 5.41) is 0. The zero-order valence-electron chi connectivity index (χ0n) is 10.3. The van der Waals surface area contributed by atoms with E-state index in [1.807, 2.05) is 19.9 Å². The fourth-order valence-corrected chi connectivity index (χ4v) is 1.99. The molecule has 0 amide bonds. The van der Waals surface area contributed by atoms with Crippen molar-refractivity contribution in [3.05, 3.63) is 17.6 Å². The Morgan fingerprint density at radius 2 is 2.00 bits per heavy atom. The number of aryl methyl sites for hydroxylation is 2. The summed E-state index contributed by atoms with van der Waals surface area (Å²) in [6, 6.07) is 2.05. The highest BCUT2D eigenvalue weighted by atomic mass is 15.1. The lowest BCUT2D eigenvalue weighted by atomic mass is 10.2. The Hall–Kier alpha value is -1.58. The quantitative estimate of drug-likeness (QED) is 0.841. The SMILES string of the molecule is Cc1cc2c(nc(C)n2CC(C)C)c(N)n1. The molecule has 2 aromatic rings. The summed E-state index contributed by atoms with van der Waals surface area (Å²) in [7, 11) is 0. The molecule has 0 bridgehead atoms. The predicted molar refractivity (Wildman–Crippen MR) is 66.3 cm³/mol. The average molecular weight is 218 g/mol. The number of pyridine rings is 1. The molecule has 4 nitrogen and oxygen atoms in total. The van der Waals surface area contributed by atoms with Crippen LogP contribution in [0.15, 0.2) is 6.07 Å². The Kier molecular flexibility index (Phi) is 2.58. The molecule has 0 saturated carbocycles. The van der Waals surface area contributed by atoms with Crippen molar-refractivity contribution in [2.75, 3.05) is 5.73 Å². The van der Waals surface area contributed by atoms with Crippen LogP contribution < -0.4 is 5.73 Å². The number of hydrogen-bond donors (Lipinski definition) is 1. The summed E-state index contributed by atoms with van der Waals surface area (Å²) in [6.45, 7) is 9.32. The fourth-order valence-electron chi connectivity index (χ4n) is 1.99. The maximum Gasteiger partial charge on any atom is 0.151 e. The van der Waals surface area contributed by atoms with Gasteiger partial charge in [-0.15, -0.1) is 0 Å². The molecule has 2 heterocycles. The highest BCUT2D eigenvalue weighted by Gasteiger charge is 2.12. The number of nitrogen functional groups attached to an aromatic ring is 1. The van der Waals surface area contributed by atoms with E-state index in [2.05, 4.69) is 28.4 Å². The molecule has 16 heavy (non-hydrogen) atoms. The Balaban J connectivity index is 2.68. The van der Waals surface area contributed by atoms with Crippen LogP contribution >= 0.6 is 0 Å². The lowest BCUT2D eigenvalue weighted by Gasteiger charge is -2.09. The molecule has 2 N–H and O–H groups in total. The van der Waals surface area contributed by atoms with Crippen LogP contribution in [0.2, 0.25) is 0 Å². The van der Waals surface area contributed by atoms with Crippen LogP contribution in [0.1, 0.15) is 25.4 Å². The van der Waals surface area contributed by atoms with Crippen LogP contribution in [-0.4, -0.2) is 14.5 Å². The van der Waals surface area contributed by atoms with E-state index in [4.69, 9.17) is 5.73 Å². The van der Waals surface area contributed by atoms with E-state index in [-0.39, 0.29) is 0 Å². The van der Waals surface area contributed by atoms with Crippen molar-refractivity contribution in [1.29, 1.82) is 0 Å². The molecule has 0 unspecified atom stereocenters. The third-order valence-electron chi connectivity index (χ3n) is 2.63. The summed E-state index contributed by atoms with van der Waals surface area (Å²) in [4.78, 5) is 8.72. The Bertz CT molecular complexity index is 525. The van der Waals surface area contributed by atoms with Crippen LogP contribution in [-0.2, 0) is 6.54 Å². The van der Waals surface area contributed by atoms with Crippen LogP contribution in [0, 0.1) is 19.8 Å². The molecular formula is C12H18N4. The number of nitrogens with zero attached hydrogens (tertiary/aromatic N) is 3. The first-order chi connectivity index (χ1) is 7.49. The van der Waals surface area contributed by atoms with E-state index in [1.165, 1.54) is 0 Å². The average Bonchev–Trinajstić information content (AvgIpc) is 2.45. The van der Waals surface area contributed by atoms with Crippen molar-refractivity contribution in [2.24, 2.45) is 5.92 Å². The summed E-state index contributed by atoms with van der Waals surface area (Å²) in [5.74, 6) is 2.12. The number of fused-ring (bicyclic) bond motifs is 1. The highest BCUT2D eigenvalue weighted by molar-refractivity contribution is 5.85. The molecule has 0 saturated heterocycles. The number of nitrogens with two attached hydrogens (primary N) is 1. The number of aromatic nitrogens is 3. The lowest BCUT2D eigenvalue weighted by Crippen LogP contribution is -2.06. The van der Waals surface area contributed by atoms with E-state index in [0.29, 0.717) is 11.7 Å². The third-order valence-corrected chi connectivity index (χ3v) is 2.63. The first-order valence-corrected chi connectivity index (χ1v) is 5.59. The summed E-state index contributed by atoms with van der Waals surface area (Å²) >= 11 is 0. The standard InChI is InChI=1S/C12H18N4/c1-7(2)6-16-9(4)15-11-10(16)5-8(3)14-12(11)13/h5,7H,6H2,1-4H3,(H2,13,14). The second-order valence-electron chi connectivity index (χ2n) is 4.68. The summed E-state index contributed by atoms with van der Waals surface area (Å²) in [5.41, 5.74) is 8.74. The van der Waals surface area contributed by atoms with Gasteiger partial charge in [0.05, 0.1) is 5.52 Å². The molecular weight excluding hydrogens is 200 g/mol. The van der Waals surface area contributed by atoms with Gasteiger partial charge in [0.15, 0.2) is 5.82 Å². The number of imidazole rings is 1. The number of anilines is 1. The molecule has 0 radical (unpaired) electrons. The molecule has 0 atom stereocenters. The molecule has 4 heteroatoms. The first kappa shape index (κ1) is 10.9. The van der Waals surface area contributed by atoms with E-state index in [1.54, 1.807) is 0 Å². The molecule has 0 spiro atoms. The highest BCUT2D eigenvalue weighted by Crippen LogP contribution is 2.22. The van der Waals surface area contributed by atoms with Gasteiger partial charge >= 0.3 is 0 Å². The van der Waals surface area contributed by atoms with Gasteiger partial charge in [0.25, 0.3) is 0 Å². The number of rotatable bonds is 2. The molecule has 2 rings (SSSR count). The van der Waals surface area contributed by atoms with Crippen LogP contribution in [0.5, 0.6) is 0 Å². The zero-order valence-corrected chi connectivity index (χ0v) is 10.3. The maximum absolute atomic E-state index is 5.88. The predicted octanol–water partition coefficient (Wildman–Crippen LogP) is 2.29. The van der Waals surface area contributed by atoms with Gasteiger partial charge in [0.1, 0.15) is 11.3 Å². The minimum Gasteiger partial charge on any atom is -0.382 e. The van der Waals surface area contributed by atoms with Gasteiger partial charge in [-0.3, -0.25) is 0 Å². The molecule has 0 aliphatic carbocycles. The van der Waals surface area contributed by atoms with Gasteiger partial charge in [0.2, 0.25) is 0 Å². The second kappa shape index (κ2) is 3.77. The minimum absolute atomic E-state index is 0.528. The van der Waals surface area contributed by atoms with Crippen molar-refractivity contribution in [1.82, 2.24) is 14.5 Å². The molecule has 0 aliphatic rings. The molecule has 0 aromatic carbocycles. The zero-order chi connectivity index (χ0) is 11.9. The monoisotopic (exact) mass is 218 g/mol. The molecule has 0 fully saturated rings.